The van der Waals surface area contributed by atoms with Crippen LogP contribution in [-0.2, 0) is 4.79 Å². The van der Waals surface area contributed by atoms with Crippen LogP contribution in [-0.4, -0.2) is 48.7 Å². The number of pyridine rings is 1. The molecule has 3 aromatic heterocycles. The van der Waals surface area contributed by atoms with Gasteiger partial charge in [0.05, 0.1) is 18.4 Å². The SMILES string of the molecule is CCN1C(=O)CNc2ncc(-c3ccc(-c4ncn(C(C)C)n4)nc3C)nc21. The van der Waals surface area contributed by atoms with E-state index < -0.39 is 0 Å². The molecule has 0 radical (unpaired) electrons. The van der Waals surface area contributed by atoms with Gasteiger partial charge in [-0.1, -0.05) is 0 Å². The van der Waals surface area contributed by atoms with Gasteiger partial charge in [-0.15, -0.1) is 5.10 Å². The number of carbonyl (C=O) groups is 1. The standard InChI is InChI=1S/C19H22N8O/c1-5-26-16(28)9-21-18-19(26)24-15(8-20-18)13-6-7-14(23-12(13)4)17-22-10-27(25-17)11(2)3/h6-8,10-11H,5,9H2,1-4H3,(H,20,21). The molecule has 0 atom stereocenters. The van der Waals surface area contributed by atoms with Crippen LogP contribution in [0.5, 0.6) is 0 Å². The number of carbonyl (C=O) groups excluding carboxylic acids is 1. The minimum Gasteiger partial charge on any atom is -0.358 e. The van der Waals surface area contributed by atoms with Gasteiger partial charge in [0.25, 0.3) is 0 Å². The molecule has 0 saturated carbocycles. The minimum atomic E-state index is -0.0153. The average molecular weight is 378 g/mol. The average Bonchev–Trinajstić information content (AvgIpc) is 3.18. The summed E-state index contributed by atoms with van der Waals surface area (Å²) in [7, 11) is 0. The second kappa shape index (κ2) is 6.99. The Morgan fingerprint density at radius 1 is 1.18 bits per heavy atom. The lowest BCUT2D eigenvalue weighted by molar-refractivity contribution is -0.117. The molecule has 0 fully saturated rings. The van der Waals surface area contributed by atoms with Crippen LogP contribution < -0.4 is 10.2 Å². The molecule has 9 heteroatoms. The fourth-order valence-electron chi connectivity index (χ4n) is 3.12. The second-order valence-electron chi connectivity index (χ2n) is 6.89. The summed E-state index contributed by atoms with van der Waals surface area (Å²) in [6.45, 7) is 8.72. The zero-order chi connectivity index (χ0) is 19.8. The number of rotatable bonds is 4. The molecule has 1 N–H and O–H groups in total. The van der Waals surface area contributed by atoms with Gasteiger partial charge in [0.2, 0.25) is 5.91 Å². The fourth-order valence-corrected chi connectivity index (χ4v) is 3.12. The monoisotopic (exact) mass is 378 g/mol. The van der Waals surface area contributed by atoms with Gasteiger partial charge in [0.1, 0.15) is 12.0 Å². The maximum atomic E-state index is 12.1. The van der Waals surface area contributed by atoms with Crippen molar-refractivity contribution in [3.8, 4) is 22.8 Å². The molecule has 3 aromatic rings. The molecule has 0 unspecified atom stereocenters. The number of aryl methyl sites for hydroxylation is 1. The molecule has 0 aromatic carbocycles. The highest BCUT2D eigenvalue weighted by atomic mass is 16.2. The molecule has 9 nitrogen and oxygen atoms in total. The van der Waals surface area contributed by atoms with Crippen LogP contribution in [0.15, 0.2) is 24.7 Å². The number of nitrogens with one attached hydrogen (secondary N) is 1. The molecule has 0 bridgehead atoms. The van der Waals surface area contributed by atoms with Gasteiger partial charge in [-0.2, -0.15) is 0 Å². The van der Waals surface area contributed by atoms with E-state index in [2.05, 4.69) is 30.4 Å². The molecule has 1 aliphatic rings. The van der Waals surface area contributed by atoms with E-state index in [1.165, 1.54) is 0 Å². The number of amides is 1. The predicted octanol–water partition coefficient (Wildman–Crippen LogP) is 2.46. The van der Waals surface area contributed by atoms with Crippen molar-refractivity contribution in [1.82, 2.24) is 29.7 Å². The summed E-state index contributed by atoms with van der Waals surface area (Å²) >= 11 is 0. The van der Waals surface area contributed by atoms with E-state index in [0.29, 0.717) is 35.4 Å². The van der Waals surface area contributed by atoms with Gasteiger partial charge in [-0.25, -0.2) is 24.6 Å². The maximum Gasteiger partial charge on any atom is 0.247 e. The molecule has 28 heavy (non-hydrogen) atoms. The summed E-state index contributed by atoms with van der Waals surface area (Å²) in [4.78, 5) is 31.9. The summed E-state index contributed by atoms with van der Waals surface area (Å²) in [5.41, 5.74) is 3.03. The van der Waals surface area contributed by atoms with Crippen LogP contribution >= 0.6 is 0 Å². The van der Waals surface area contributed by atoms with Gasteiger partial charge in [0.15, 0.2) is 17.5 Å². The van der Waals surface area contributed by atoms with E-state index in [1.807, 2.05) is 39.8 Å². The van der Waals surface area contributed by atoms with Crippen LogP contribution in [0.25, 0.3) is 22.8 Å². The highest BCUT2D eigenvalue weighted by Gasteiger charge is 2.25. The van der Waals surface area contributed by atoms with Gasteiger partial charge in [-0.3, -0.25) is 9.69 Å². The number of nitrogens with zero attached hydrogens (tertiary/aromatic N) is 7. The summed E-state index contributed by atoms with van der Waals surface area (Å²) in [5.74, 6) is 1.75. The van der Waals surface area contributed by atoms with E-state index >= 15 is 0 Å². The first-order valence-electron chi connectivity index (χ1n) is 9.28. The van der Waals surface area contributed by atoms with Crippen molar-refractivity contribution in [2.45, 2.75) is 33.7 Å². The van der Waals surface area contributed by atoms with Crippen molar-refractivity contribution < 1.29 is 4.79 Å². The number of hydrogen-bond acceptors (Lipinski definition) is 7. The minimum absolute atomic E-state index is 0.0153. The van der Waals surface area contributed by atoms with Crippen molar-refractivity contribution >= 4 is 17.5 Å². The van der Waals surface area contributed by atoms with Crippen LogP contribution in [0.3, 0.4) is 0 Å². The lowest BCUT2D eigenvalue weighted by Gasteiger charge is -2.27. The third-order valence-electron chi connectivity index (χ3n) is 4.66. The first-order valence-corrected chi connectivity index (χ1v) is 9.28. The molecule has 0 aliphatic carbocycles. The largest absolute Gasteiger partial charge is 0.358 e. The molecule has 1 amide bonds. The Bertz CT molecular complexity index is 1040. The molecule has 0 spiro atoms. The summed E-state index contributed by atoms with van der Waals surface area (Å²) < 4.78 is 1.80. The molecular formula is C19H22N8O. The van der Waals surface area contributed by atoms with Gasteiger partial charge < -0.3 is 5.32 Å². The quantitative estimate of drug-likeness (QED) is 0.744. The van der Waals surface area contributed by atoms with E-state index in [4.69, 9.17) is 0 Å². The molecule has 1 aliphatic heterocycles. The van der Waals surface area contributed by atoms with Crippen molar-refractivity contribution in [1.29, 1.82) is 0 Å². The molecule has 4 rings (SSSR count). The van der Waals surface area contributed by atoms with Crippen molar-refractivity contribution in [3.63, 3.8) is 0 Å². The third-order valence-corrected chi connectivity index (χ3v) is 4.66. The first kappa shape index (κ1) is 18.0. The zero-order valence-corrected chi connectivity index (χ0v) is 16.3. The number of anilines is 2. The van der Waals surface area contributed by atoms with Crippen LogP contribution in [0.1, 0.15) is 32.5 Å². The van der Waals surface area contributed by atoms with Crippen LogP contribution in [0.4, 0.5) is 11.6 Å². The lowest BCUT2D eigenvalue weighted by Crippen LogP contribution is -2.40. The Morgan fingerprint density at radius 2 is 2.00 bits per heavy atom. The Morgan fingerprint density at radius 3 is 2.68 bits per heavy atom. The van der Waals surface area contributed by atoms with Gasteiger partial charge >= 0.3 is 0 Å². The Hall–Kier alpha value is -3.36. The number of aromatic nitrogens is 6. The smallest absolute Gasteiger partial charge is 0.247 e. The van der Waals surface area contributed by atoms with E-state index in [-0.39, 0.29) is 18.5 Å². The van der Waals surface area contributed by atoms with E-state index in [1.54, 1.807) is 22.1 Å². The predicted molar refractivity (Wildman–Crippen MR) is 106 cm³/mol. The zero-order valence-electron chi connectivity index (χ0n) is 16.3. The summed E-state index contributed by atoms with van der Waals surface area (Å²) in [6, 6.07) is 4.06. The molecule has 144 valence electrons. The normalized spacial score (nSPS) is 13.6. The fraction of sp³-hybridized carbons (Fsp3) is 0.368. The van der Waals surface area contributed by atoms with E-state index in [0.717, 1.165) is 11.3 Å². The van der Waals surface area contributed by atoms with Crippen LogP contribution in [0.2, 0.25) is 0 Å². The lowest BCUT2D eigenvalue weighted by atomic mass is 10.1. The Labute approximate surface area is 162 Å². The molecule has 4 heterocycles. The molecular weight excluding hydrogens is 356 g/mol. The van der Waals surface area contributed by atoms with Crippen molar-refractivity contribution in [3.05, 3.63) is 30.4 Å². The second-order valence-corrected chi connectivity index (χ2v) is 6.89. The number of fused-ring (bicyclic) bond motifs is 1. The Kier molecular flexibility index (Phi) is 4.50. The third kappa shape index (κ3) is 3.08. The first-order chi connectivity index (χ1) is 13.5. The molecule has 0 saturated heterocycles. The Balaban J connectivity index is 1.70. The highest BCUT2D eigenvalue weighted by molar-refractivity contribution is 6.00. The summed E-state index contributed by atoms with van der Waals surface area (Å²) in [5, 5.41) is 7.49. The number of hydrogen-bond donors (Lipinski definition) is 1. The van der Waals surface area contributed by atoms with E-state index in [9.17, 15) is 4.79 Å². The highest BCUT2D eigenvalue weighted by Crippen LogP contribution is 2.30. The van der Waals surface area contributed by atoms with Gasteiger partial charge in [0, 0.05) is 23.8 Å². The van der Waals surface area contributed by atoms with Crippen molar-refractivity contribution in [2.24, 2.45) is 0 Å². The topological polar surface area (TPSA) is 102 Å². The maximum absolute atomic E-state index is 12.1. The summed E-state index contributed by atoms with van der Waals surface area (Å²) in [6.07, 6.45) is 3.41. The number of likely N-dealkylation sites (N-methyl/N-ethyl adjacent to an activating group) is 1. The van der Waals surface area contributed by atoms with Crippen LogP contribution in [0, 0.1) is 6.92 Å². The van der Waals surface area contributed by atoms with Crippen molar-refractivity contribution in [2.75, 3.05) is 23.3 Å². The van der Waals surface area contributed by atoms with Gasteiger partial charge in [-0.05, 0) is 39.8 Å².